The van der Waals surface area contributed by atoms with Gasteiger partial charge in [0.2, 0.25) is 0 Å². The van der Waals surface area contributed by atoms with Crippen molar-refractivity contribution in [3.8, 4) is 0 Å². The van der Waals surface area contributed by atoms with E-state index in [1.165, 1.54) is 6.26 Å². The zero-order chi connectivity index (χ0) is 18.9. The molecule has 0 radical (unpaired) electrons. The number of hydrogen-bond acceptors (Lipinski definition) is 5. The molecule has 3 rings (SSSR count). The monoisotopic (exact) mass is 388 g/mol. The number of anilines is 1. The number of nitrogens with one attached hydrogen (secondary N) is 1. The highest BCUT2D eigenvalue weighted by Gasteiger charge is 2.33. The number of aromatic nitrogens is 1. The third kappa shape index (κ3) is 3.94. The Labute approximate surface area is 152 Å². The van der Waals surface area contributed by atoms with Crippen LogP contribution in [0.4, 0.5) is 19.0 Å². The van der Waals surface area contributed by atoms with Crippen LogP contribution in [0.2, 0.25) is 5.02 Å². The van der Waals surface area contributed by atoms with Gasteiger partial charge >= 0.3 is 6.18 Å². The summed E-state index contributed by atoms with van der Waals surface area (Å²) in [7, 11) is 0. The van der Waals surface area contributed by atoms with Gasteiger partial charge in [-0.1, -0.05) is 11.6 Å². The molecule has 1 aliphatic heterocycles. The van der Waals surface area contributed by atoms with Crippen molar-refractivity contribution in [2.24, 2.45) is 5.73 Å². The Bertz CT molecular complexity index is 809. The average molecular weight is 389 g/mol. The first-order valence-electron chi connectivity index (χ1n) is 7.84. The standard InChI is InChI=1S/C16H16ClF3N4O2/c17-13-4-10(16(18,19)20)6-22-14(13)24-2-1-11(7-24)23-15(25)9-3-12(5-21)26-8-9/h3-4,6,8,11H,1-2,5,7,21H2,(H,23,25). The molecule has 140 valence electrons. The zero-order valence-corrected chi connectivity index (χ0v) is 14.3. The first-order valence-corrected chi connectivity index (χ1v) is 8.21. The largest absolute Gasteiger partial charge is 0.467 e. The van der Waals surface area contributed by atoms with Crippen LogP contribution in [0.5, 0.6) is 0 Å². The van der Waals surface area contributed by atoms with Crippen molar-refractivity contribution in [2.75, 3.05) is 18.0 Å². The quantitative estimate of drug-likeness (QED) is 0.841. The Hall–Kier alpha value is -2.26. The molecule has 1 fully saturated rings. The van der Waals surface area contributed by atoms with Crippen molar-refractivity contribution in [2.45, 2.75) is 25.2 Å². The molecule has 0 spiro atoms. The third-order valence-electron chi connectivity index (χ3n) is 4.09. The van der Waals surface area contributed by atoms with Crippen molar-refractivity contribution < 1.29 is 22.4 Å². The first kappa shape index (κ1) is 18.5. The number of carbonyl (C=O) groups is 1. The maximum atomic E-state index is 12.7. The van der Waals surface area contributed by atoms with Gasteiger partial charge in [-0.2, -0.15) is 13.2 Å². The van der Waals surface area contributed by atoms with E-state index in [1.54, 1.807) is 11.0 Å². The van der Waals surface area contributed by atoms with Crippen LogP contribution in [0.25, 0.3) is 0 Å². The molecule has 3 heterocycles. The lowest BCUT2D eigenvalue weighted by molar-refractivity contribution is -0.137. The Morgan fingerprint density at radius 2 is 2.23 bits per heavy atom. The Kier molecular flexibility index (Phi) is 5.10. The molecule has 0 aliphatic carbocycles. The number of hydrogen-bond donors (Lipinski definition) is 2. The molecule has 0 bridgehead atoms. The average Bonchev–Trinajstić information content (AvgIpc) is 3.23. The van der Waals surface area contributed by atoms with Gasteiger partial charge in [0.15, 0.2) is 0 Å². The summed E-state index contributed by atoms with van der Waals surface area (Å²) in [6.07, 6.45) is -1.79. The molecule has 0 aromatic carbocycles. The summed E-state index contributed by atoms with van der Waals surface area (Å²) in [6, 6.07) is 2.24. The minimum Gasteiger partial charge on any atom is -0.467 e. The van der Waals surface area contributed by atoms with Crippen LogP contribution in [-0.4, -0.2) is 30.0 Å². The number of nitrogens with two attached hydrogens (primary N) is 1. The summed E-state index contributed by atoms with van der Waals surface area (Å²) < 4.78 is 43.2. The van der Waals surface area contributed by atoms with E-state index in [9.17, 15) is 18.0 Å². The Morgan fingerprint density at radius 3 is 2.85 bits per heavy atom. The van der Waals surface area contributed by atoms with Gasteiger partial charge in [0.25, 0.3) is 5.91 Å². The van der Waals surface area contributed by atoms with Gasteiger partial charge in [0.1, 0.15) is 17.8 Å². The maximum Gasteiger partial charge on any atom is 0.417 e. The summed E-state index contributed by atoms with van der Waals surface area (Å²) in [4.78, 5) is 17.8. The molecule has 6 nitrogen and oxygen atoms in total. The fraction of sp³-hybridized carbons (Fsp3) is 0.375. The number of nitrogens with zero attached hydrogens (tertiary/aromatic N) is 2. The summed E-state index contributed by atoms with van der Waals surface area (Å²) in [5, 5.41) is 2.78. The molecule has 10 heteroatoms. The highest BCUT2D eigenvalue weighted by Crippen LogP contribution is 2.34. The molecule has 2 aromatic rings. The fourth-order valence-corrected chi connectivity index (χ4v) is 3.05. The number of pyridine rings is 1. The maximum absolute atomic E-state index is 12.7. The highest BCUT2D eigenvalue weighted by atomic mass is 35.5. The van der Waals surface area contributed by atoms with Crippen LogP contribution in [0.15, 0.2) is 29.0 Å². The van der Waals surface area contributed by atoms with Gasteiger partial charge in [-0.15, -0.1) is 0 Å². The van der Waals surface area contributed by atoms with E-state index in [-0.39, 0.29) is 29.3 Å². The van der Waals surface area contributed by atoms with Crippen LogP contribution in [0.1, 0.15) is 28.1 Å². The molecule has 3 N–H and O–H groups in total. The second kappa shape index (κ2) is 7.16. The van der Waals surface area contributed by atoms with Gasteiger partial charge in [-0.25, -0.2) is 4.98 Å². The molecule has 1 unspecified atom stereocenters. The zero-order valence-electron chi connectivity index (χ0n) is 13.5. The minimum atomic E-state index is -4.50. The summed E-state index contributed by atoms with van der Waals surface area (Å²) in [5.74, 6) is 0.473. The van der Waals surface area contributed by atoms with Crippen molar-refractivity contribution in [3.63, 3.8) is 0 Å². The second-order valence-electron chi connectivity index (χ2n) is 5.94. The van der Waals surface area contributed by atoms with E-state index in [1.807, 2.05) is 0 Å². The van der Waals surface area contributed by atoms with E-state index < -0.39 is 11.7 Å². The number of carbonyl (C=O) groups excluding carboxylic acids is 1. The molecular formula is C16H16ClF3N4O2. The predicted molar refractivity (Wildman–Crippen MR) is 88.9 cm³/mol. The summed E-state index contributed by atoms with van der Waals surface area (Å²) in [5.41, 5.74) is 4.91. The topological polar surface area (TPSA) is 84.4 Å². The Morgan fingerprint density at radius 1 is 1.46 bits per heavy atom. The molecule has 1 amide bonds. The molecule has 2 aromatic heterocycles. The van der Waals surface area contributed by atoms with E-state index in [0.717, 1.165) is 12.3 Å². The van der Waals surface area contributed by atoms with Crippen molar-refractivity contribution in [1.82, 2.24) is 10.3 Å². The number of halogens is 4. The first-order chi connectivity index (χ1) is 12.3. The van der Waals surface area contributed by atoms with Crippen LogP contribution >= 0.6 is 11.6 Å². The van der Waals surface area contributed by atoms with Gasteiger partial charge in [-0.05, 0) is 18.6 Å². The molecule has 0 saturated carbocycles. The number of furan rings is 1. The minimum absolute atomic E-state index is 0.0748. The lowest BCUT2D eigenvalue weighted by Crippen LogP contribution is -2.37. The molecule has 1 aliphatic rings. The van der Waals surface area contributed by atoms with E-state index in [2.05, 4.69) is 10.3 Å². The molecule has 1 atom stereocenters. The lowest BCUT2D eigenvalue weighted by Gasteiger charge is -2.20. The molecule has 26 heavy (non-hydrogen) atoms. The van der Waals surface area contributed by atoms with E-state index >= 15 is 0 Å². The summed E-state index contributed by atoms with van der Waals surface area (Å²) >= 11 is 5.97. The van der Waals surface area contributed by atoms with Crippen LogP contribution in [-0.2, 0) is 12.7 Å². The smallest absolute Gasteiger partial charge is 0.417 e. The van der Waals surface area contributed by atoms with Crippen LogP contribution < -0.4 is 16.0 Å². The van der Waals surface area contributed by atoms with Crippen molar-refractivity contribution >= 4 is 23.3 Å². The second-order valence-corrected chi connectivity index (χ2v) is 6.35. The van der Waals surface area contributed by atoms with Crippen molar-refractivity contribution in [3.05, 3.63) is 46.5 Å². The van der Waals surface area contributed by atoms with Gasteiger partial charge < -0.3 is 20.4 Å². The molecular weight excluding hydrogens is 373 g/mol. The lowest BCUT2D eigenvalue weighted by atomic mass is 10.2. The number of rotatable bonds is 4. The van der Waals surface area contributed by atoms with Gasteiger partial charge in [0, 0.05) is 25.3 Å². The Balaban J connectivity index is 1.64. The predicted octanol–water partition coefficient (Wildman–Crippen LogP) is 2.81. The molecule has 1 saturated heterocycles. The van der Waals surface area contributed by atoms with E-state index in [0.29, 0.717) is 30.8 Å². The summed E-state index contributed by atoms with van der Waals surface area (Å²) in [6.45, 7) is 1.11. The number of amides is 1. The highest BCUT2D eigenvalue weighted by molar-refractivity contribution is 6.33. The number of alkyl halides is 3. The van der Waals surface area contributed by atoms with Crippen LogP contribution in [0, 0.1) is 0 Å². The van der Waals surface area contributed by atoms with Crippen LogP contribution in [0.3, 0.4) is 0 Å². The van der Waals surface area contributed by atoms with Gasteiger partial charge in [0.05, 0.1) is 22.7 Å². The fourth-order valence-electron chi connectivity index (χ4n) is 2.76. The SMILES string of the molecule is NCc1cc(C(=O)NC2CCN(c3ncc(C(F)(F)F)cc3Cl)C2)co1. The van der Waals surface area contributed by atoms with Crippen molar-refractivity contribution in [1.29, 1.82) is 0 Å². The normalized spacial score (nSPS) is 17.6. The van der Waals surface area contributed by atoms with Gasteiger partial charge in [-0.3, -0.25) is 4.79 Å². The van der Waals surface area contributed by atoms with E-state index in [4.69, 9.17) is 21.8 Å². The third-order valence-corrected chi connectivity index (χ3v) is 4.37.